The van der Waals surface area contributed by atoms with E-state index in [1.807, 2.05) is 54.3 Å². The second-order valence-corrected chi connectivity index (χ2v) is 7.77. The SMILES string of the molecule is CCOC(=O)[C@@]1(Cc2cccc(OC)c2)CCCN(C(=O)CCc2ccccn2)C1. The Morgan fingerprint density at radius 2 is 2.07 bits per heavy atom. The van der Waals surface area contributed by atoms with Crippen LogP contribution in [0.15, 0.2) is 48.7 Å². The van der Waals surface area contributed by atoms with E-state index in [2.05, 4.69) is 4.98 Å². The number of ether oxygens (including phenoxy) is 2. The van der Waals surface area contributed by atoms with Gasteiger partial charge in [-0.05, 0) is 62.4 Å². The predicted molar refractivity (Wildman–Crippen MR) is 114 cm³/mol. The van der Waals surface area contributed by atoms with E-state index in [-0.39, 0.29) is 11.9 Å². The van der Waals surface area contributed by atoms with Crippen LogP contribution in [0.3, 0.4) is 0 Å². The highest BCUT2D eigenvalue weighted by Crippen LogP contribution is 2.36. The molecule has 0 saturated carbocycles. The van der Waals surface area contributed by atoms with Crippen LogP contribution in [0.2, 0.25) is 0 Å². The number of piperidine rings is 1. The van der Waals surface area contributed by atoms with Gasteiger partial charge in [0, 0.05) is 31.4 Å². The van der Waals surface area contributed by atoms with Gasteiger partial charge in [-0.2, -0.15) is 0 Å². The number of rotatable bonds is 8. The Labute approximate surface area is 178 Å². The Balaban J connectivity index is 1.75. The highest BCUT2D eigenvalue weighted by molar-refractivity contribution is 5.81. The van der Waals surface area contributed by atoms with Gasteiger partial charge >= 0.3 is 5.97 Å². The average molecular weight is 411 g/mol. The highest BCUT2D eigenvalue weighted by Gasteiger charge is 2.44. The minimum absolute atomic E-state index is 0.0552. The number of hydrogen-bond donors (Lipinski definition) is 0. The summed E-state index contributed by atoms with van der Waals surface area (Å²) in [7, 11) is 1.63. The number of aromatic nitrogens is 1. The Hall–Kier alpha value is -2.89. The molecule has 1 saturated heterocycles. The van der Waals surface area contributed by atoms with Crippen molar-refractivity contribution in [2.75, 3.05) is 26.8 Å². The van der Waals surface area contributed by atoms with E-state index >= 15 is 0 Å². The van der Waals surface area contributed by atoms with E-state index in [0.717, 1.165) is 23.4 Å². The summed E-state index contributed by atoms with van der Waals surface area (Å²) in [6, 6.07) is 13.5. The van der Waals surface area contributed by atoms with Crippen LogP contribution < -0.4 is 4.74 Å². The van der Waals surface area contributed by atoms with Gasteiger partial charge in [0.25, 0.3) is 0 Å². The number of carbonyl (C=O) groups is 2. The van der Waals surface area contributed by atoms with Crippen LogP contribution in [0.1, 0.15) is 37.4 Å². The fraction of sp³-hybridized carbons (Fsp3) is 0.458. The van der Waals surface area contributed by atoms with Crippen molar-refractivity contribution in [1.29, 1.82) is 0 Å². The summed E-state index contributed by atoms with van der Waals surface area (Å²) in [5.41, 5.74) is 1.17. The molecule has 0 unspecified atom stereocenters. The van der Waals surface area contributed by atoms with Crippen LogP contribution in [0, 0.1) is 5.41 Å². The molecule has 1 amide bonds. The largest absolute Gasteiger partial charge is 0.497 e. The summed E-state index contributed by atoms with van der Waals surface area (Å²) in [5.74, 6) is 0.584. The first-order chi connectivity index (χ1) is 14.6. The lowest BCUT2D eigenvalue weighted by Crippen LogP contribution is -2.51. The first-order valence-corrected chi connectivity index (χ1v) is 10.5. The summed E-state index contributed by atoms with van der Waals surface area (Å²) in [6.07, 6.45) is 4.71. The number of methoxy groups -OCH3 is 1. The van der Waals surface area contributed by atoms with Gasteiger partial charge in [0.05, 0.1) is 19.1 Å². The lowest BCUT2D eigenvalue weighted by Gasteiger charge is -2.41. The fourth-order valence-electron chi connectivity index (χ4n) is 4.12. The summed E-state index contributed by atoms with van der Waals surface area (Å²) >= 11 is 0. The van der Waals surface area contributed by atoms with Crippen molar-refractivity contribution >= 4 is 11.9 Å². The third-order valence-electron chi connectivity index (χ3n) is 5.64. The number of hydrogen-bond acceptors (Lipinski definition) is 5. The van der Waals surface area contributed by atoms with E-state index in [1.54, 1.807) is 13.3 Å². The Kier molecular flexibility index (Phi) is 7.44. The Morgan fingerprint density at radius 1 is 1.20 bits per heavy atom. The van der Waals surface area contributed by atoms with Gasteiger partial charge in [-0.15, -0.1) is 0 Å². The molecule has 1 fully saturated rings. The van der Waals surface area contributed by atoms with Crippen molar-refractivity contribution in [1.82, 2.24) is 9.88 Å². The molecule has 3 rings (SSSR count). The second-order valence-electron chi connectivity index (χ2n) is 7.77. The van der Waals surface area contributed by atoms with Crippen LogP contribution in [0.5, 0.6) is 5.75 Å². The molecule has 6 nitrogen and oxygen atoms in total. The average Bonchev–Trinajstić information content (AvgIpc) is 2.78. The third kappa shape index (κ3) is 5.38. The highest BCUT2D eigenvalue weighted by atomic mass is 16.5. The molecular formula is C24H30N2O4. The molecule has 2 heterocycles. The quantitative estimate of drug-likeness (QED) is 0.624. The molecular weight excluding hydrogens is 380 g/mol. The number of pyridine rings is 1. The summed E-state index contributed by atoms with van der Waals surface area (Å²) in [6.45, 7) is 3.19. The summed E-state index contributed by atoms with van der Waals surface area (Å²) in [5, 5.41) is 0. The first kappa shape index (κ1) is 21.8. The van der Waals surface area contributed by atoms with Crippen molar-refractivity contribution in [3.8, 4) is 5.75 Å². The zero-order chi connectivity index (χ0) is 21.4. The van der Waals surface area contributed by atoms with Crippen molar-refractivity contribution in [3.05, 3.63) is 59.9 Å². The zero-order valence-electron chi connectivity index (χ0n) is 17.8. The lowest BCUT2D eigenvalue weighted by molar-refractivity contribution is -0.160. The van der Waals surface area contributed by atoms with Crippen LogP contribution in [0.25, 0.3) is 0 Å². The molecule has 0 radical (unpaired) electrons. The predicted octanol–water partition coefficient (Wildman–Crippen LogP) is 3.44. The molecule has 0 bridgehead atoms. The number of aryl methyl sites for hydroxylation is 1. The number of esters is 1. The minimum atomic E-state index is -0.735. The van der Waals surface area contributed by atoms with Crippen molar-refractivity contribution in [2.24, 2.45) is 5.41 Å². The maximum atomic E-state index is 13.0. The maximum absolute atomic E-state index is 13.0. The van der Waals surface area contributed by atoms with Crippen molar-refractivity contribution < 1.29 is 19.1 Å². The van der Waals surface area contributed by atoms with E-state index in [0.29, 0.717) is 45.4 Å². The molecule has 1 aromatic carbocycles. The van der Waals surface area contributed by atoms with Crippen LogP contribution in [-0.4, -0.2) is 48.6 Å². The topological polar surface area (TPSA) is 68.7 Å². The molecule has 1 aromatic heterocycles. The molecule has 1 aliphatic heterocycles. The second kappa shape index (κ2) is 10.2. The third-order valence-corrected chi connectivity index (χ3v) is 5.64. The van der Waals surface area contributed by atoms with Crippen LogP contribution >= 0.6 is 0 Å². The van der Waals surface area contributed by atoms with Gasteiger partial charge in [-0.25, -0.2) is 0 Å². The van der Waals surface area contributed by atoms with Gasteiger partial charge in [-0.3, -0.25) is 14.6 Å². The number of amides is 1. The van der Waals surface area contributed by atoms with Gasteiger partial charge < -0.3 is 14.4 Å². The monoisotopic (exact) mass is 410 g/mol. The van der Waals surface area contributed by atoms with Gasteiger partial charge in [0.2, 0.25) is 5.91 Å². The molecule has 1 atom stereocenters. The smallest absolute Gasteiger partial charge is 0.314 e. The normalized spacial score (nSPS) is 18.7. The van der Waals surface area contributed by atoms with E-state index < -0.39 is 5.41 Å². The lowest BCUT2D eigenvalue weighted by atomic mass is 9.75. The number of likely N-dealkylation sites (tertiary alicyclic amines) is 1. The molecule has 1 aliphatic rings. The fourth-order valence-corrected chi connectivity index (χ4v) is 4.12. The molecule has 0 N–H and O–H groups in total. The summed E-state index contributed by atoms with van der Waals surface area (Å²) < 4.78 is 10.8. The van der Waals surface area contributed by atoms with E-state index in [1.165, 1.54) is 0 Å². The van der Waals surface area contributed by atoms with E-state index in [9.17, 15) is 9.59 Å². The van der Waals surface area contributed by atoms with Gasteiger partial charge in [0.1, 0.15) is 5.75 Å². The molecule has 2 aromatic rings. The number of benzene rings is 1. The number of nitrogens with zero attached hydrogens (tertiary/aromatic N) is 2. The van der Waals surface area contributed by atoms with Crippen LogP contribution in [-0.2, 0) is 27.2 Å². The first-order valence-electron chi connectivity index (χ1n) is 10.5. The standard InChI is InChI=1S/C24H30N2O4/c1-3-30-23(28)24(17-19-8-6-10-21(16-19)29-2)13-7-15-26(18-24)22(27)12-11-20-9-4-5-14-25-20/h4-6,8-10,14,16H,3,7,11-13,15,17-18H2,1-2H3/t24-/m1/s1. The van der Waals surface area contributed by atoms with Crippen molar-refractivity contribution in [2.45, 2.75) is 39.0 Å². The van der Waals surface area contributed by atoms with Gasteiger partial charge in [0.15, 0.2) is 0 Å². The van der Waals surface area contributed by atoms with Gasteiger partial charge in [-0.1, -0.05) is 18.2 Å². The zero-order valence-corrected chi connectivity index (χ0v) is 17.8. The molecule has 0 aliphatic carbocycles. The minimum Gasteiger partial charge on any atom is -0.497 e. The molecule has 160 valence electrons. The Bertz CT molecular complexity index is 855. The molecule has 6 heteroatoms. The Morgan fingerprint density at radius 3 is 2.80 bits per heavy atom. The van der Waals surface area contributed by atoms with E-state index in [4.69, 9.17) is 9.47 Å². The summed E-state index contributed by atoms with van der Waals surface area (Å²) in [4.78, 5) is 32.1. The number of carbonyl (C=O) groups excluding carboxylic acids is 2. The maximum Gasteiger partial charge on any atom is 0.314 e. The molecule has 30 heavy (non-hydrogen) atoms. The van der Waals surface area contributed by atoms with Crippen molar-refractivity contribution in [3.63, 3.8) is 0 Å². The molecule has 0 spiro atoms. The van der Waals surface area contributed by atoms with Crippen LogP contribution in [0.4, 0.5) is 0 Å².